The van der Waals surface area contributed by atoms with E-state index in [1.807, 2.05) is 0 Å². The molecule has 1 aliphatic heterocycles. The zero-order chi connectivity index (χ0) is 12.0. The van der Waals surface area contributed by atoms with Gasteiger partial charge >= 0.3 is 0 Å². The summed E-state index contributed by atoms with van der Waals surface area (Å²) in [5.41, 5.74) is -0.410. The van der Waals surface area contributed by atoms with E-state index < -0.39 is 5.41 Å². The number of carbonyl (C=O) groups is 1. The van der Waals surface area contributed by atoms with E-state index in [0.29, 0.717) is 18.2 Å². The van der Waals surface area contributed by atoms with Gasteiger partial charge in [0.15, 0.2) is 0 Å². The Bertz CT molecular complexity index is 261. The standard InChI is InChI=1S/C11H19ClN2O2.ClH/c1-9(12)7-14-10(15)11(8-16-2)3-5-13-6-4-11;/h13H,1,3-8H2,2H3,(H,14,15);1H. The zero-order valence-electron chi connectivity index (χ0n) is 10.1. The maximum atomic E-state index is 12.1. The second-order valence-electron chi connectivity index (χ2n) is 4.16. The molecule has 0 aromatic rings. The molecule has 0 atom stereocenters. The number of nitrogens with one attached hydrogen (secondary N) is 2. The number of amides is 1. The molecule has 100 valence electrons. The average molecular weight is 283 g/mol. The van der Waals surface area contributed by atoms with E-state index in [9.17, 15) is 4.79 Å². The summed E-state index contributed by atoms with van der Waals surface area (Å²) >= 11 is 5.63. The maximum Gasteiger partial charge on any atom is 0.228 e. The first kappa shape index (κ1) is 16.7. The lowest BCUT2D eigenvalue weighted by atomic mass is 9.78. The van der Waals surface area contributed by atoms with Crippen LogP contribution in [0.4, 0.5) is 0 Å². The van der Waals surface area contributed by atoms with Crippen LogP contribution in [-0.2, 0) is 9.53 Å². The van der Waals surface area contributed by atoms with Gasteiger partial charge in [-0.05, 0) is 25.9 Å². The zero-order valence-corrected chi connectivity index (χ0v) is 11.6. The first-order valence-corrected chi connectivity index (χ1v) is 5.80. The Hall–Kier alpha value is -0.290. The summed E-state index contributed by atoms with van der Waals surface area (Å²) in [6.07, 6.45) is 1.59. The summed E-state index contributed by atoms with van der Waals surface area (Å²) in [6.45, 7) is 6.01. The number of rotatable bonds is 5. The third-order valence-electron chi connectivity index (χ3n) is 2.90. The van der Waals surface area contributed by atoms with Crippen LogP contribution in [0, 0.1) is 5.41 Å². The van der Waals surface area contributed by atoms with Gasteiger partial charge in [-0.3, -0.25) is 4.79 Å². The Morgan fingerprint density at radius 2 is 2.12 bits per heavy atom. The molecule has 0 aromatic carbocycles. The van der Waals surface area contributed by atoms with Crippen molar-refractivity contribution < 1.29 is 9.53 Å². The van der Waals surface area contributed by atoms with E-state index in [1.54, 1.807) is 7.11 Å². The van der Waals surface area contributed by atoms with E-state index in [2.05, 4.69) is 17.2 Å². The number of hydrogen-bond donors (Lipinski definition) is 2. The third-order valence-corrected chi connectivity index (χ3v) is 3.04. The second-order valence-corrected chi connectivity index (χ2v) is 4.70. The molecule has 4 nitrogen and oxygen atoms in total. The number of ether oxygens (including phenoxy) is 1. The first-order valence-electron chi connectivity index (χ1n) is 5.42. The van der Waals surface area contributed by atoms with Gasteiger partial charge in [0, 0.05) is 12.1 Å². The number of piperidine rings is 1. The van der Waals surface area contributed by atoms with Gasteiger partial charge in [-0.1, -0.05) is 18.2 Å². The molecular weight excluding hydrogens is 263 g/mol. The Morgan fingerprint density at radius 3 is 2.59 bits per heavy atom. The van der Waals surface area contributed by atoms with Crippen LogP contribution in [0.1, 0.15) is 12.8 Å². The Balaban J connectivity index is 0.00000256. The monoisotopic (exact) mass is 282 g/mol. The summed E-state index contributed by atoms with van der Waals surface area (Å²) in [7, 11) is 1.62. The van der Waals surface area contributed by atoms with Crippen LogP contribution >= 0.6 is 24.0 Å². The van der Waals surface area contributed by atoms with Crippen LogP contribution < -0.4 is 10.6 Å². The summed E-state index contributed by atoms with van der Waals surface area (Å²) in [5.74, 6) is 0.0117. The lowest BCUT2D eigenvalue weighted by molar-refractivity contribution is -0.135. The van der Waals surface area contributed by atoms with Crippen molar-refractivity contribution in [2.75, 3.05) is 33.4 Å². The normalized spacial score (nSPS) is 18.0. The molecule has 1 fully saturated rings. The molecule has 0 aliphatic carbocycles. The van der Waals surface area contributed by atoms with Gasteiger partial charge < -0.3 is 15.4 Å². The van der Waals surface area contributed by atoms with Gasteiger partial charge in [-0.25, -0.2) is 0 Å². The van der Waals surface area contributed by atoms with Crippen LogP contribution in [0.15, 0.2) is 11.6 Å². The maximum absolute atomic E-state index is 12.1. The fourth-order valence-corrected chi connectivity index (χ4v) is 2.05. The molecule has 2 N–H and O–H groups in total. The fraction of sp³-hybridized carbons (Fsp3) is 0.727. The molecular formula is C11H20Cl2N2O2. The molecule has 0 bridgehead atoms. The number of methoxy groups -OCH3 is 1. The SMILES string of the molecule is C=C(Cl)CNC(=O)C1(COC)CCNCC1.Cl. The van der Waals surface area contributed by atoms with Crippen molar-refractivity contribution in [1.29, 1.82) is 0 Å². The van der Waals surface area contributed by atoms with Crippen LogP contribution in [0.3, 0.4) is 0 Å². The molecule has 1 saturated heterocycles. The lowest BCUT2D eigenvalue weighted by Crippen LogP contribution is -2.50. The van der Waals surface area contributed by atoms with E-state index in [0.717, 1.165) is 25.9 Å². The van der Waals surface area contributed by atoms with Gasteiger partial charge in [0.2, 0.25) is 5.91 Å². The largest absolute Gasteiger partial charge is 0.384 e. The highest BCUT2D eigenvalue weighted by Crippen LogP contribution is 2.29. The molecule has 1 aliphatic rings. The second kappa shape index (κ2) is 7.93. The van der Waals surface area contributed by atoms with E-state index in [4.69, 9.17) is 16.3 Å². The van der Waals surface area contributed by atoms with E-state index in [1.165, 1.54) is 0 Å². The van der Waals surface area contributed by atoms with E-state index in [-0.39, 0.29) is 18.3 Å². The minimum Gasteiger partial charge on any atom is -0.384 e. The van der Waals surface area contributed by atoms with Crippen LogP contribution in [0.2, 0.25) is 0 Å². The van der Waals surface area contributed by atoms with Gasteiger partial charge in [0.1, 0.15) is 0 Å². The van der Waals surface area contributed by atoms with Gasteiger partial charge in [-0.2, -0.15) is 0 Å². The minimum atomic E-state index is -0.410. The van der Waals surface area contributed by atoms with Crippen molar-refractivity contribution in [3.8, 4) is 0 Å². The van der Waals surface area contributed by atoms with Crippen molar-refractivity contribution in [1.82, 2.24) is 10.6 Å². The minimum absolute atomic E-state index is 0. The average Bonchev–Trinajstić information content (AvgIpc) is 2.27. The van der Waals surface area contributed by atoms with Crippen molar-refractivity contribution in [2.24, 2.45) is 5.41 Å². The van der Waals surface area contributed by atoms with Gasteiger partial charge in [0.05, 0.1) is 18.6 Å². The highest BCUT2D eigenvalue weighted by Gasteiger charge is 2.39. The fourth-order valence-electron chi connectivity index (χ4n) is 1.98. The van der Waals surface area contributed by atoms with Crippen LogP contribution in [0.25, 0.3) is 0 Å². The van der Waals surface area contributed by atoms with Crippen molar-refractivity contribution >= 4 is 29.9 Å². The summed E-state index contributed by atoms with van der Waals surface area (Å²) in [4.78, 5) is 12.1. The van der Waals surface area contributed by atoms with Crippen molar-refractivity contribution in [3.05, 3.63) is 11.6 Å². The van der Waals surface area contributed by atoms with Crippen molar-refractivity contribution in [2.45, 2.75) is 12.8 Å². The number of hydrogen-bond acceptors (Lipinski definition) is 3. The first-order chi connectivity index (χ1) is 7.60. The molecule has 6 heteroatoms. The van der Waals surface area contributed by atoms with Crippen molar-refractivity contribution in [3.63, 3.8) is 0 Å². The highest BCUT2D eigenvalue weighted by molar-refractivity contribution is 6.29. The third kappa shape index (κ3) is 4.84. The topological polar surface area (TPSA) is 50.4 Å². The molecule has 0 aromatic heterocycles. The summed E-state index contributed by atoms with van der Waals surface area (Å²) < 4.78 is 5.17. The molecule has 1 amide bonds. The number of halogens is 2. The van der Waals surface area contributed by atoms with Crippen LogP contribution in [0.5, 0.6) is 0 Å². The molecule has 0 radical (unpaired) electrons. The molecule has 0 saturated carbocycles. The van der Waals surface area contributed by atoms with Gasteiger partial charge in [0.25, 0.3) is 0 Å². The smallest absolute Gasteiger partial charge is 0.228 e. The predicted octanol–water partition coefficient (Wildman–Crippen LogP) is 1.29. The summed E-state index contributed by atoms with van der Waals surface area (Å²) in [5, 5.41) is 6.48. The lowest BCUT2D eigenvalue weighted by Gasteiger charge is -2.35. The highest BCUT2D eigenvalue weighted by atomic mass is 35.5. The Kier molecular flexibility index (Phi) is 7.79. The Morgan fingerprint density at radius 1 is 1.53 bits per heavy atom. The summed E-state index contributed by atoms with van der Waals surface area (Å²) in [6, 6.07) is 0. The van der Waals surface area contributed by atoms with E-state index >= 15 is 0 Å². The predicted molar refractivity (Wildman–Crippen MR) is 71.7 cm³/mol. The number of carbonyl (C=O) groups excluding carboxylic acids is 1. The quantitative estimate of drug-likeness (QED) is 0.799. The molecule has 0 spiro atoms. The van der Waals surface area contributed by atoms with Gasteiger partial charge in [-0.15, -0.1) is 12.4 Å². The molecule has 1 rings (SSSR count). The van der Waals surface area contributed by atoms with Crippen LogP contribution in [-0.4, -0.2) is 39.3 Å². The molecule has 17 heavy (non-hydrogen) atoms. The molecule has 0 unspecified atom stereocenters. The Labute approximate surface area is 114 Å². The molecule has 1 heterocycles.